The van der Waals surface area contributed by atoms with Crippen molar-refractivity contribution in [1.82, 2.24) is 0 Å². The molecule has 0 aliphatic heterocycles. The molecule has 100 valence electrons. The third kappa shape index (κ3) is 2.80. The van der Waals surface area contributed by atoms with Gasteiger partial charge in [0, 0.05) is 21.5 Å². The number of nitrogens with one attached hydrogen (secondary N) is 1. The molecule has 0 saturated carbocycles. The van der Waals surface area contributed by atoms with E-state index in [-0.39, 0.29) is 4.90 Å². The molecule has 7 heteroatoms. The summed E-state index contributed by atoms with van der Waals surface area (Å²) >= 11 is 0. The number of benzene rings is 2. The van der Waals surface area contributed by atoms with Crippen molar-refractivity contribution in [3.63, 3.8) is 0 Å². The first-order chi connectivity index (χ1) is 8.93. The van der Waals surface area contributed by atoms with Gasteiger partial charge in [0.15, 0.2) is 0 Å². The molecular formula is C12H10ClNO4S. The maximum atomic E-state index is 11.5. The second kappa shape index (κ2) is 5.07. The molecule has 19 heavy (non-hydrogen) atoms. The number of hydrogen-bond acceptors (Lipinski definition) is 4. The van der Waals surface area contributed by atoms with Gasteiger partial charge >= 0.3 is 6.09 Å². The van der Waals surface area contributed by atoms with Crippen LogP contribution in [0.15, 0.2) is 41.3 Å². The first kappa shape index (κ1) is 13.6. The zero-order valence-corrected chi connectivity index (χ0v) is 11.5. The van der Waals surface area contributed by atoms with Crippen LogP contribution in [-0.4, -0.2) is 21.6 Å². The predicted molar refractivity (Wildman–Crippen MR) is 73.0 cm³/mol. The van der Waals surface area contributed by atoms with E-state index in [1.807, 2.05) is 0 Å². The van der Waals surface area contributed by atoms with Crippen molar-refractivity contribution in [3.8, 4) is 0 Å². The summed E-state index contributed by atoms with van der Waals surface area (Å²) in [7, 11) is 2.78. The second-order valence-electron chi connectivity index (χ2n) is 3.71. The second-order valence-corrected chi connectivity index (χ2v) is 6.25. The van der Waals surface area contributed by atoms with Gasteiger partial charge < -0.3 is 4.74 Å². The fourth-order valence-corrected chi connectivity index (χ4v) is 2.85. The molecule has 0 bridgehead atoms. The van der Waals surface area contributed by atoms with Crippen LogP contribution in [0.3, 0.4) is 0 Å². The average Bonchev–Trinajstić information content (AvgIpc) is 2.37. The summed E-state index contributed by atoms with van der Waals surface area (Å²) in [5.74, 6) is 0. The molecule has 1 N–H and O–H groups in total. The Morgan fingerprint density at radius 2 is 1.79 bits per heavy atom. The minimum absolute atomic E-state index is 0.000169. The van der Waals surface area contributed by atoms with E-state index in [1.165, 1.54) is 13.2 Å². The van der Waals surface area contributed by atoms with E-state index >= 15 is 0 Å². The Morgan fingerprint density at radius 1 is 1.16 bits per heavy atom. The highest BCUT2D eigenvalue weighted by Gasteiger charge is 2.15. The summed E-state index contributed by atoms with van der Waals surface area (Å²) in [5, 5.41) is 3.52. The van der Waals surface area contributed by atoms with Crippen LogP contribution in [0.5, 0.6) is 0 Å². The number of amides is 1. The number of halogens is 1. The number of carbonyl (C=O) groups is 1. The Balaban J connectivity index is 2.68. The van der Waals surface area contributed by atoms with Crippen LogP contribution in [0.2, 0.25) is 0 Å². The van der Waals surface area contributed by atoms with Gasteiger partial charge in [0.2, 0.25) is 0 Å². The highest BCUT2D eigenvalue weighted by molar-refractivity contribution is 8.14. The van der Waals surface area contributed by atoms with Crippen molar-refractivity contribution in [3.05, 3.63) is 36.4 Å². The molecule has 0 spiro atoms. The number of rotatable bonds is 2. The van der Waals surface area contributed by atoms with Gasteiger partial charge in [-0.3, -0.25) is 5.32 Å². The van der Waals surface area contributed by atoms with Gasteiger partial charge in [-0.15, -0.1) is 0 Å². The minimum Gasteiger partial charge on any atom is -0.453 e. The Labute approximate surface area is 114 Å². The van der Waals surface area contributed by atoms with Crippen LogP contribution in [0.1, 0.15) is 0 Å². The molecule has 0 fully saturated rings. The lowest BCUT2D eigenvalue weighted by Gasteiger charge is -2.09. The monoisotopic (exact) mass is 299 g/mol. The van der Waals surface area contributed by atoms with Crippen molar-refractivity contribution in [2.24, 2.45) is 0 Å². The lowest BCUT2D eigenvalue weighted by Crippen LogP contribution is -2.11. The molecule has 0 saturated heterocycles. The lowest BCUT2D eigenvalue weighted by atomic mass is 10.1. The summed E-state index contributed by atoms with van der Waals surface area (Å²) < 4.78 is 27.5. The molecule has 0 aromatic heterocycles. The van der Waals surface area contributed by atoms with Gasteiger partial charge in [-0.05, 0) is 12.1 Å². The van der Waals surface area contributed by atoms with Crippen molar-refractivity contribution >= 4 is 42.3 Å². The Kier molecular flexibility index (Phi) is 3.64. The Bertz CT molecular complexity index is 742. The van der Waals surface area contributed by atoms with Crippen LogP contribution in [-0.2, 0) is 13.8 Å². The Morgan fingerprint density at radius 3 is 2.42 bits per heavy atom. The highest BCUT2D eigenvalue weighted by Crippen LogP contribution is 2.30. The Hall–Kier alpha value is -1.79. The number of ether oxygens (including phenoxy) is 1. The van der Waals surface area contributed by atoms with Crippen molar-refractivity contribution in [2.75, 3.05) is 12.4 Å². The molecular weight excluding hydrogens is 290 g/mol. The first-order valence-corrected chi connectivity index (χ1v) is 7.56. The number of anilines is 1. The van der Waals surface area contributed by atoms with Gasteiger partial charge in [-0.1, -0.05) is 24.3 Å². The van der Waals surface area contributed by atoms with Gasteiger partial charge in [0.1, 0.15) is 0 Å². The number of carbonyl (C=O) groups excluding carboxylic acids is 1. The molecule has 5 nitrogen and oxygen atoms in total. The van der Waals surface area contributed by atoms with Crippen LogP contribution in [0, 0.1) is 0 Å². The van der Waals surface area contributed by atoms with E-state index < -0.39 is 15.1 Å². The largest absolute Gasteiger partial charge is 0.453 e. The van der Waals surface area contributed by atoms with E-state index in [9.17, 15) is 13.2 Å². The molecule has 0 aliphatic carbocycles. The molecule has 2 aromatic carbocycles. The normalized spacial score (nSPS) is 11.3. The maximum absolute atomic E-state index is 11.5. The summed E-state index contributed by atoms with van der Waals surface area (Å²) in [4.78, 5) is 11.2. The van der Waals surface area contributed by atoms with Crippen molar-refractivity contribution in [1.29, 1.82) is 0 Å². The van der Waals surface area contributed by atoms with E-state index in [2.05, 4.69) is 10.1 Å². The smallest absolute Gasteiger partial charge is 0.411 e. The van der Waals surface area contributed by atoms with Gasteiger partial charge in [0.25, 0.3) is 9.05 Å². The molecule has 2 aromatic rings. The standard InChI is InChI=1S/C12H10ClNO4S/c1-18-12(15)14-10-6-2-5-9-8(10)4-3-7-11(9)19(13,16)17/h2-7H,1H3,(H,14,15). The predicted octanol–water partition coefficient (Wildman–Crippen LogP) is 2.95. The van der Waals surface area contributed by atoms with Crippen molar-refractivity contribution < 1.29 is 17.9 Å². The molecule has 1 amide bonds. The van der Waals surface area contributed by atoms with Crippen LogP contribution >= 0.6 is 10.7 Å². The number of fused-ring (bicyclic) bond motifs is 1. The summed E-state index contributed by atoms with van der Waals surface area (Å²) in [6.45, 7) is 0. The zero-order chi connectivity index (χ0) is 14.0. The topological polar surface area (TPSA) is 72.5 Å². The molecule has 0 radical (unpaired) electrons. The van der Waals surface area contributed by atoms with Gasteiger partial charge in [0.05, 0.1) is 17.7 Å². The summed E-state index contributed by atoms with van der Waals surface area (Å²) in [6, 6.07) is 9.54. The van der Waals surface area contributed by atoms with Gasteiger partial charge in [-0.25, -0.2) is 13.2 Å². The third-order valence-corrected chi connectivity index (χ3v) is 3.95. The molecule has 2 rings (SSSR count). The molecule has 0 aliphatic rings. The van der Waals surface area contributed by atoms with E-state index in [4.69, 9.17) is 10.7 Å². The van der Waals surface area contributed by atoms with E-state index in [0.717, 1.165) is 0 Å². The lowest BCUT2D eigenvalue weighted by molar-refractivity contribution is 0.187. The van der Waals surface area contributed by atoms with Gasteiger partial charge in [-0.2, -0.15) is 0 Å². The average molecular weight is 300 g/mol. The minimum atomic E-state index is -3.85. The number of hydrogen-bond donors (Lipinski definition) is 1. The molecule has 0 atom stereocenters. The third-order valence-electron chi connectivity index (χ3n) is 2.57. The zero-order valence-electron chi connectivity index (χ0n) is 9.88. The first-order valence-electron chi connectivity index (χ1n) is 5.25. The van der Waals surface area contributed by atoms with Crippen LogP contribution < -0.4 is 5.32 Å². The van der Waals surface area contributed by atoms with E-state index in [0.29, 0.717) is 16.5 Å². The van der Waals surface area contributed by atoms with E-state index in [1.54, 1.807) is 30.3 Å². The fourth-order valence-electron chi connectivity index (χ4n) is 1.76. The summed E-state index contributed by atoms with van der Waals surface area (Å²) in [6.07, 6.45) is -0.633. The number of methoxy groups -OCH3 is 1. The SMILES string of the molecule is COC(=O)Nc1cccc2c(S(=O)(=O)Cl)cccc12. The van der Waals surface area contributed by atoms with Crippen LogP contribution in [0.4, 0.5) is 10.5 Å². The molecule has 0 unspecified atom stereocenters. The maximum Gasteiger partial charge on any atom is 0.411 e. The highest BCUT2D eigenvalue weighted by atomic mass is 35.7. The van der Waals surface area contributed by atoms with Crippen LogP contribution in [0.25, 0.3) is 10.8 Å². The summed E-state index contributed by atoms with van der Waals surface area (Å²) in [5.41, 5.74) is 0.450. The molecule has 0 heterocycles. The van der Waals surface area contributed by atoms with Crippen molar-refractivity contribution in [2.45, 2.75) is 4.90 Å². The quantitative estimate of drug-likeness (QED) is 0.865. The fraction of sp³-hybridized carbons (Fsp3) is 0.0833.